The Balaban J connectivity index is 1.68. The van der Waals surface area contributed by atoms with Gasteiger partial charge in [-0.3, -0.25) is 4.79 Å². The van der Waals surface area contributed by atoms with Gasteiger partial charge in [0.1, 0.15) is 5.75 Å². The van der Waals surface area contributed by atoms with Gasteiger partial charge in [-0.1, -0.05) is 23.7 Å². The molecule has 140 valence electrons. The highest BCUT2D eigenvalue weighted by Gasteiger charge is 2.29. The lowest BCUT2D eigenvalue weighted by molar-refractivity contribution is -0.138. The van der Waals surface area contributed by atoms with Crippen molar-refractivity contribution in [1.82, 2.24) is 10.2 Å². The molecule has 0 aromatic heterocycles. The van der Waals surface area contributed by atoms with Crippen LogP contribution in [0.15, 0.2) is 24.3 Å². The lowest BCUT2D eigenvalue weighted by Crippen LogP contribution is -2.42. The number of carbonyl (C=O) groups excluding carboxylic acids is 1. The summed E-state index contributed by atoms with van der Waals surface area (Å²) in [5.74, 6) is 0.328. The molecule has 1 N–H and O–H groups in total. The van der Waals surface area contributed by atoms with Crippen LogP contribution in [0.4, 0.5) is 13.2 Å². The molecule has 1 fully saturated rings. The SMILES string of the molecule is O=C(COc1ccccc1Cl)NCC1CCCN(CCC(F)(F)F)C1. The fraction of sp³-hybridized carbons (Fsp3) is 0.588. The summed E-state index contributed by atoms with van der Waals surface area (Å²) in [5.41, 5.74) is 0. The summed E-state index contributed by atoms with van der Waals surface area (Å²) >= 11 is 5.94. The Kier molecular flexibility index (Phi) is 7.38. The average molecular weight is 379 g/mol. The quantitative estimate of drug-likeness (QED) is 0.789. The number of halogens is 4. The molecule has 0 aliphatic carbocycles. The average Bonchev–Trinajstić information content (AvgIpc) is 2.57. The van der Waals surface area contributed by atoms with Gasteiger partial charge in [-0.05, 0) is 37.4 Å². The predicted octanol–water partition coefficient (Wildman–Crippen LogP) is 3.50. The molecule has 1 heterocycles. The van der Waals surface area contributed by atoms with Crippen molar-refractivity contribution in [3.05, 3.63) is 29.3 Å². The second-order valence-electron chi connectivity index (χ2n) is 6.20. The number of alkyl halides is 3. The molecule has 2 rings (SSSR count). The molecule has 1 saturated heterocycles. The maximum atomic E-state index is 12.3. The molecular formula is C17H22ClF3N2O2. The van der Waals surface area contributed by atoms with Crippen LogP contribution in [0.3, 0.4) is 0 Å². The van der Waals surface area contributed by atoms with Crippen LogP contribution in [0, 0.1) is 5.92 Å². The Morgan fingerprint density at radius 2 is 2.12 bits per heavy atom. The van der Waals surface area contributed by atoms with Crippen molar-refractivity contribution in [1.29, 1.82) is 0 Å². The van der Waals surface area contributed by atoms with Crippen molar-refractivity contribution in [3.8, 4) is 5.75 Å². The predicted molar refractivity (Wildman–Crippen MR) is 89.8 cm³/mol. The van der Waals surface area contributed by atoms with E-state index in [1.54, 1.807) is 24.3 Å². The molecule has 1 aromatic carbocycles. The van der Waals surface area contributed by atoms with Crippen molar-refractivity contribution < 1.29 is 22.7 Å². The lowest BCUT2D eigenvalue weighted by atomic mass is 9.98. The zero-order valence-electron chi connectivity index (χ0n) is 13.8. The van der Waals surface area contributed by atoms with E-state index in [-0.39, 0.29) is 25.0 Å². The summed E-state index contributed by atoms with van der Waals surface area (Å²) < 4.78 is 42.3. The minimum Gasteiger partial charge on any atom is -0.482 e. The van der Waals surface area contributed by atoms with E-state index in [2.05, 4.69) is 5.32 Å². The van der Waals surface area contributed by atoms with E-state index in [0.29, 0.717) is 30.4 Å². The smallest absolute Gasteiger partial charge is 0.390 e. The number of piperidine rings is 1. The van der Waals surface area contributed by atoms with Gasteiger partial charge in [-0.15, -0.1) is 0 Å². The van der Waals surface area contributed by atoms with Crippen LogP contribution >= 0.6 is 11.6 Å². The third kappa shape index (κ3) is 7.52. The minimum atomic E-state index is -4.13. The number of nitrogens with one attached hydrogen (secondary N) is 1. The minimum absolute atomic E-state index is 0.0174. The second-order valence-corrected chi connectivity index (χ2v) is 6.60. The first kappa shape index (κ1) is 19.8. The van der Waals surface area contributed by atoms with Crippen LogP contribution in [-0.2, 0) is 4.79 Å². The Morgan fingerprint density at radius 1 is 1.36 bits per heavy atom. The van der Waals surface area contributed by atoms with Gasteiger partial charge in [0.15, 0.2) is 6.61 Å². The number of ether oxygens (including phenoxy) is 1. The highest BCUT2D eigenvalue weighted by atomic mass is 35.5. The molecule has 1 amide bonds. The molecule has 8 heteroatoms. The zero-order chi connectivity index (χ0) is 18.3. The third-order valence-corrected chi connectivity index (χ3v) is 4.41. The summed E-state index contributed by atoms with van der Waals surface area (Å²) in [4.78, 5) is 13.7. The van der Waals surface area contributed by atoms with Crippen molar-refractivity contribution in [2.75, 3.05) is 32.8 Å². The second kappa shape index (κ2) is 9.29. The maximum absolute atomic E-state index is 12.3. The molecule has 1 aromatic rings. The molecule has 0 bridgehead atoms. The summed E-state index contributed by atoms with van der Waals surface area (Å²) in [6.45, 7) is 1.56. The van der Waals surface area contributed by atoms with E-state index >= 15 is 0 Å². The largest absolute Gasteiger partial charge is 0.482 e. The maximum Gasteiger partial charge on any atom is 0.390 e. The summed E-state index contributed by atoms with van der Waals surface area (Å²) in [6.07, 6.45) is -3.18. The van der Waals surface area contributed by atoms with Crippen molar-refractivity contribution in [2.45, 2.75) is 25.4 Å². The van der Waals surface area contributed by atoms with Crippen molar-refractivity contribution >= 4 is 17.5 Å². The number of nitrogens with zero attached hydrogens (tertiary/aromatic N) is 1. The summed E-state index contributed by atoms with van der Waals surface area (Å²) in [6, 6.07) is 6.88. The number of carbonyl (C=O) groups is 1. The Labute approximate surface area is 150 Å². The van der Waals surface area contributed by atoms with Crippen LogP contribution in [0.5, 0.6) is 5.75 Å². The molecule has 0 spiro atoms. The Hall–Kier alpha value is -1.47. The molecule has 1 unspecified atom stereocenters. The van der Waals surface area contributed by atoms with Crippen LogP contribution in [-0.4, -0.2) is 49.8 Å². The highest BCUT2D eigenvalue weighted by Crippen LogP contribution is 2.23. The van der Waals surface area contributed by atoms with Gasteiger partial charge in [0, 0.05) is 19.6 Å². The Morgan fingerprint density at radius 3 is 2.84 bits per heavy atom. The van der Waals surface area contributed by atoms with Gasteiger partial charge in [0.2, 0.25) is 0 Å². The molecule has 0 radical (unpaired) electrons. The molecule has 4 nitrogen and oxygen atoms in total. The van der Waals surface area contributed by atoms with Gasteiger partial charge < -0.3 is 15.0 Å². The molecular weight excluding hydrogens is 357 g/mol. The monoisotopic (exact) mass is 378 g/mol. The number of rotatable bonds is 7. The first-order valence-corrected chi connectivity index (χ1v) is 8.64. The molecule has 0 saturated carbocycles. The van der Waals surface area contributed by atoms with Crippen LogP contribution in [0.1, 0.15) is 19.3 Å². The number of hydrogen-bond acceptors (Lipinski definition) is 3. The fourth-order valence-electron chi connectivity index (χ4n) is 2.82. The molecule has 1 aliphatic heterocycles. The van der Waals surface area contributed by atoms with Crippen LogP contribution in [0.25, 0.3) is 0 Å². The number of amides is 1. The van der Waals surface area contributed by atoms with E-state index in [1.165, 1.54) is 0 Å². The molecule has 1 atom stereocenters. The fourth-order valence-corrected chi connectivity index (χ4v) is 3.01. The Bertz CT molecular complexity index is 569. The topological polar surface area (TPSA) is 41.6 Å². The summed E-state index contributed by atoms with van der Waals surface area (Å²) in [7, 11) is 0. The molecule has 1 aliphatic rings. The number of benzene rings is 1. The van der Waals surface area contributed by atoms with Gasteiger partial charge >= 0.3 is 6.18 Å². The number of para-hydroxylation sites is 1. The zero-order valence-corrected chi connectivity index (χ0v) is 14.6. The van der Waals surface area contributed by atoms with Crippen molar-refractivity contribution in [3.63, 3.8) is 0 Å². The standard InChI is InChI=1S/C17H22ClF3N2O2/c18-14-5-1-2-6-15(14)25-12-16(24)22-10-13-4-3-8-23(11-13)9-7-17(19,20)21/h1-2,5-6,13H,3-4,7-12H2,(H,22,24). The first-order chi connectivity index (χ1) is 11.8. The number of hydrogen-bond donors (Lipinski definition) is 1. The van der Waals surface area contributed by atoms with E-state index < -0.39 is 12.6 Å². The highest BCUT2D eigenvalue weighted by molar-refractivity contribution is 6.32. The number of likely N-dealkylation sites (tertiary alicyclic amines) is 1. The van der Waals surface area contributed by atoms with E-state index in [4.69, 9.17) is 16.3 Å². The lowest BCUT2D eigenvalue weighted by Gasteiger charge is -2.33. The van der Waals surface area contributed by atoms with Gasteiger partial charge in [0.05, 0.1) is 11.4 Å². The normalized spacial score (nSPS) is 18.8. The van der Waals surface area contributed by atoms with Gasteiger partial charge in [0.25, 0.3) is 5.91 Å². The van der Waals surface area contributed by atoms with E-state index in [0.717, 1.165) is 12.8 Å². The molecule has 25 heavy (non-hydrogen) atoms. The van der Waals surface area contributed by atoms with Crippen LogP contribution in [0.2, 0.25) is 5.02 Å². The van der Waals surface area contributed by atoms with Gasteiger partial charge in [-0.2, -0.15) is 13.2 Å². The third-order valence-electron chi connectivity index (χ3n) is 4.10. The van der Waals surface area contributed by atoms with Crippen molar-refractivity contribution in [2.24, 2.45) is 5.92 Å². The summed E-state index contributed by atoms with van der Waals surface area (Å²) in [5, 5.41) is 3.21. The van der Waals surface area contributed by atoms with Gasteiger partial charge in [-0.25, -0.2) is 0 Å². The van der Waals surface area contributed by atoms with E-state index in [1.807, 2.05) is 4.90 Å². The van der Waals surface area contributed by atoms with E-state index in [9.17, 15) is 18.0 Å². The van der Waals surface area contributed by atoms with Crippen LogP contribution < -0.4 is 10.1 Å². The first-order valence-electron chi connectivity index (χ1n) is 8.26.